The van der Waals surface area contributed by atoms with Gasteiger partial charge in [-0.15, -0.1) is 0 Å². The molecular formula is C21H14Cl2N2O2S. The molecule has 2 aromatic carbocycles. The first kappa shape index (κ1) is 18.9. The molecule has 1 fully saturated rings. The number of hydrogen-bond donors (Lipinski definition) is 1. The van der Waals surface area contributed by atoms with Crippen LogP contribution in [0.25, 0.3) is 17.4 Å². The summed E-state index contributed by atoms with van der Waals surface area (Å²) in [5, 5.41) is 4.38. The highest BCUT2D eigenvalue weighted by atomic mass is 35.5. The number of thioether (sulfide) groups is 1. The van der Waals surface area contributed by atoms with E-state index in [1.165, 1.54) is 11.8 Å². The zero-order valence-corrected chi connectivity index (χ0v) is 17.0. The molecule has 2 heterocycles. The molecule has 0 spiro atoms. The first-order valence-electron chi connectivity index (χ1n) is 8.40. The lowest BCUT2D eigenvalue weighted by Gasteiger charge is -2.02. The van der Waals surface area contributed by atoms with Gasteiger partial charge in [0.1, 0.15) is 11.5 Å². The third kappa shape index (κ3) is 4.02. The molecule has 0 unspecified atom stereocenters. The van der Waals surface area contributed by atoms with E-state index in [0.717, 1.165) is 11.1 Å². The number of nitrogens with zero attached hydrogens (tertiary/aromatic N) is 1. The molecule has 0 atom stereocenters. The van der Waals surface area contributed by atoms with E-state index in [1.54, 1.807) is 18.2 Å². The standard InChI is InChI=1S/C21H14Cl2N2O2S/c1-12-6-7-13(22)10-15(12)18-9-8-14(27-18)11-19-20(26)25-21(28-19)24-17-5-3-2-4-16(17)23/h2-11H,1H3,(H,24,25,26)/b19-11-. The van der Waals surface area contributed by atoms with Gasteiger partial charge in [0.25, 0.3) is 5.91 Å². The van der Waals surface area contributed by atoms with Crippen molar-refractivity contribution in [1.29, 1.82) is 0 Å². The second-order valence-electron chi connectivity index (χ2n) is 6.09. The van der Waals surface area contributed by atoms with Crippen molar-refractivity contribution in [1.82, 2.24) is 5.32 Å². The molecule has 1 N–H and O–H groups in total. The molecule has 3 aromatic rings. The summed E-state index contributed by atoms with van der Waals surface area (Å²) in [6.45, 7) is 1.99. The van der Waals surface area contributed by atoms with Crippen molar-refractivity contribution in [3.05, 3.63) is 80.9 Å². The third-order valence-electron chi connectivity index (χ3n) is 4.09. The van der Waals surface area contributed by atoms with Crippen LogP contribution in [-0.2, 0) is 4.79 Å². The van der Waals surface area contributed by atoms with Crippen molar-refractivity contribution >= 4 is 57.8 Å². The Balaban J connectivity index is 1.58. The van der Waals surface area contributed by atoms with Crippen molar-refractivity contribution < 1.29 is 9.21 Å². The van der Waals surface area contributed by atoms with Crippen LogP contribution >= 0.6 is 35.0 Å². The molecule has 1 aliphatic rings. The van der Waals surface area contributed by atoms with E-state index in [-0.39, 0.29) is 5.91 Å². The number of para-hydroxylation sites is 1. The van der Waals surface area contributed by atoms with E-state index < -0.39 is 0 Å². The average Bonchev–Trinajstić information content (AvgIpc) is 3.26. The van der Waals surface area contributed by atoms with E-state index in [0.29, 0.717) is 37.3 Å². The number of amidine groups is 1. The molecule has 1 saturated heterocycles. The maximum Gasteiger partial charge on any atom is 0.264 e. The van der Waals surface area contributed by atoms with Crippen LogP contribution in [-0.4, -0.2) is 11.1 Å². The lowest BCUT2D eigenvalue weighted by molar-refractivity contribution is -0.115. The van der Waals surface area contributed by atoms with Gasteiger partial charge in [0.2, 0.25) is 0 Å². The predicted octanol–water partition coefficient (Wildman–Crippen LogP) is 6.45. The van der Waals surface area contributed by atoms with Gasteiger partial charge in [0.05, 0.1) is 15.6 Å². The molecule has 7 heteroatoms. The monoisotopic (exact) mass is 428 g/mol. The fraction of sp³-hybridized carbons (Fsp3) is 0.0476. The highest BCUT2D eigenvalue weighted by Gasteiger charge is 2.24. The van der Waals surface area contributed by atoms with Gasteiger partial charge in [-0.2, -0.15) is 0 Å². The van der Waals surface area contributed by atoms with Gasteiger partial charge < -0.3 is 9.73 Å². The van der Waals surface area contributed by atoms with Crippen LogP contribution in [0.3, 0.4) is 0 Å². The second-order valence-corrected chi connectivity index (χ2v) is 7.97. The van der Waals surface area contributed by atoms with Gasteiger partial charge >= 0.3 is 0 Å². The second kappa shape index (κ2) is 7.87. The van der Waals surface area contributed by atoms with Gasteiger partial charge in [-0.25, -0.2) is 4.99 Å². The highest BCUT2D eigenvalue weighted by molar-refractivity contribution is 8.18. The Kier molecular flexibility index (Phi) is 5.31. The van der Waals surface area contributed by atoms with Crippen LogP contribution in [0.15, 0.2) is 68.9 Å². The highest BCUT2D eigenvalue weighted by Crippen LogP contribution is 2.33. The number of carbonyl (C=O) groups is 1. The molecule has 0 aliphatic carbocycles. The molecular weight excluding hydrogens is 415 g/mol. The first-order chi connectivity index (χ1) is 13.5. The average molecular weight is 429 g/mol. The molecule has 0 radical (unpaired) electrons. The third-order valence-corrected chi connectivity index (χ3v) is 5.56. The Morgan fingerprint density at radius 2 is 1.93 bits per heavy atom. The molecule has 1 amide bonds. The quantitative estimate of drug-likeness (QED) is 0.487. The number of rotatable bonds is 3. The largest absolute Gasteiger partial charge is 0.457 e. The molecule has 4 rings (SSSR count). The number of carbonyl (C=O) groups excluding carboxylic acids is 1. The molecule has 1 aromatic heterocycles. The number of nitrogens with one attached hydrogen (secondary N) is 1. The molecule has 140 valence electrons. The smallest absolute Gasteiger partial charge is 0.264 e. The van der Waals surface area contributed by atoms with E-state index in [1.807, 2.05) is 49.4 Å². The summed E-state index contributed by atoms with van der Waals surface area (Å²) in [5.41, 5.74) is 2.58. The van der Waals surface area contributed by atoms with Crippen molar-refractivity contribution in [2.45, 2.75) is 6.92 Å². The number of aryl methyl sites for hydroxylation is 1. The lowest BCUT2D eigenvalue weighted by atomic mass is 10.1. The summed E-state index contributed by atoms with van der Waals surface area (Å²) in [5.74, 6) is 1.04. The van der Waals surface area contributed by atoms with E-state index >= 15 is 0 Å². The van der Waals surface area contributed by atoms with E-state index in [2.05, 4.69) is 10.3 Å². The van der Waals surface area contributed by atoms with Gasteiger partial charge in [0, 0.05) is 16.7 Å². The number of aliphatic imine (C=N–C) groups is 1. The molecule has 0 bridgehead atoms. The zero-order valence-electron chi connectivity index (χ0n) is 14.7. The molecule has 0 saturated carbocycles. The number of furan rings is 1. The predicted molar refractivity (Wildman–Crippen MR) is 116 cm³/mol. The van der Waals surface area contributed by atoms with Crippen LogP contribution in [0.4, 0.5) is 5.69 Å². The minimum atomic E-state index is -0.229. The summed E-state index contributed by atoms with van der Waals surface area (Å²) >= 11 is 13.5. The molecule has 1 aliphatic heterocycles. The summed E-state index contributed by atoms with van der Waals surface area (Å²) < 4.78 is 5.90. The van der Waals surface area contributed by atoms with Crippen LogP contribution in [0.2, 0.25) is 10.0 Å². The van der Waals surface area contributed by atoms with Crippen LogP contribution in [0.5, 0.6) is 0 Å². The van der Waals surface area contributed by atoms with Gasteiger partial charge in [-0.05, 0) is 60.6 Å². The summed E-state index contributed by atoms with van der Waals surface area (Å²) in [6, 6.07) is 16.5. The lowest BCUT2D eigenvalue weighted by Crippen LogP contribution is -2.19. The van der Waals surface area contributed by atoms with E-state index in [9.17, 15) is 4.79 Å². The Morgan fingerprint density at radius 3 is 2.75 bits per heavy atom. The molecule has 4 nitrogen and oxygen atoms in total. The number of benzene rings is 2. The maximum absolute atomic E-state index is 12.3. The van der Waals surface area contributed by atoms with Gasteiger partial charge in [-0.1, -0.05) is 41.4 Å². The van der Waals surface area contributed by atoms with Crippen molar-refractivity contribution in [3.8, 4) is 11.3 Å². The first-order valence-corrected chi connectivity index (χ1v) is 9.97. The number of hydrogen-bond acceptors (Lipinski definition) is 4. The van der Waals surface area contributed by atoms with Gasteiger partial charge in [0.15, 0.2) is 5.17 Å². The minimum Gasteiger partial charge on any atom is -0.457 e. The number of halogens is 2. The maximum atomic E-state index is 12.3. The number of amides is 1. The Hall–Kier alpha value is -2.47. The fourth-order valence-electron chi connectivity index (χ4n) is 2.70. The van der Waals surface area contributed by atoms with Crippen molar-refractivity contribution in [2.24, 2.45) is 4.99 Å². The fourth-order valence-corrected chi connectivity index (χ4v) is 3.86. The molecule has 28 heavy (non-hydrogen) atoms. The Morgan fingerprint density at radius 1 is 1.11 bits per heavy atom. The topological polar surface area (TPSA) is 54.6 Å². The van der Waals surface area contributed by atoms with Crippen LogP contribution in [0.1, 0.15) is 11.3 Å². The van der Waals surface area contributed by atoms with Gasteiger partial charge in [-0.3, -0.25) is 4.79 Å². The SMILES string of the molecule is Cc1ccc(Cl)cc1-c1ccc(/C=C2\SC(=Nc3ccccc3Cl)NC2=O)o1. The summed E-state index contributed by atoms with van der Waals surface area (Å²) in [6.07, 6.45) is 1.69. The van der Waals surface area contributed by atoms with Crippen LogP contribution < -0.4 is 5.32 Å². The van der Waals surface area contributed by atoms with Crippen LogP contribution in [0, 0.1) is 6.92 Å². The van der Waals surface area contributed by atoms with E-state index in [4.69, 9.17) is 27.6 Å². The summed E-state index contributed by atoms with van der Waals surface area (Å²) in [7, 11) is 0. The summed E-state index contributed by atoms with van der Waals surface area (Å²) in [4.78, 5) is 17.2. The van der Waals surface area contributed by atoms with Crippen molar-refractivity contribution in [3.63, 3.8) is 0 Å². The Bertz CT molecular complexity index is 1130. The van der Waals surface area contributed by atoms with Crippen molar-refractivity contribution in [2.75, 3.05) is 0 Å². The Labute approximate surface area is 176 Å². The normalized spacial score (nSPS) is 16.8. The zero-order chi connectivity index (χ0) is 19.7. The minimum absolute atomic E-state index is 0.229.